The maximum atomic E-state index is 11.2. The zero-order chi connectivity index (χ0) is 11.4. The van der Waals surface area contributed by atoms with E-state index in [0.29, 0.717) is 0 Å². The molecule has 5 heteroatoms. The second kappa shape index (κ2) is 4.74. The van der Waals surface area contributed by atoms with Crippen LogP contribution in [0.5, 0.6) is 0 Å². The molecule has 0 fully saturated rings. The van der Waals surface area contributed by atoms with E-state index in [4.69, 9.17) is 10.2 Å². The van der Waals surface area contributed by atoms with Crippen LogP contribution in [0.15, 0.2) is 0 Å². The van der Waals surface area contributed by atoms with Crippen molar-refractivity contribution in [2.45, 2.75) is 33.1 Å². The van der Waals surface area contributed by atoms with Crippen LogP contribution >= 0.6 is 0 Å². The summed E-state index contributed by atoms with van der Waals surface area (Å²) in [5.41, 5.74) is -1.53. The Morgan fingerprint density at radius 3 is 1.93 bits per heavy atom. The van der Waals surface area contributed by atoms with Crippen LogP contribution < -0.4 is 0 Å². The molecule has 0 saturated heterocycles. The fourth-order valence-electron chi connectivity index (χ4n) is 1.33. The van der Waals surface area contributed by atoms with Crippen molar-refractivity contribution in [3.8, 4) is 0 Å². The Hall–Kier alpha value is -1.39. The molecule has 2 N–H and O–H groups in total. The minimum absolute atomic E-state index is 0.116. The predicted molar refractivity (Wildman–Crippen MR) is 47.9 cm³/mol. The number of aliphatic carboxylic acids is 2. The molecule has 0 amide bonds. The van der Waals surface area contributed by atoms with Gasteiger partial charge in [0.25, 0.3) is 0 Å². The van der Waals surface area contributed by atoms with E-state index in [1.54, 1.807) is 6.92 Å². The van der Waals surface area contributed by atoms with Gasteiger partial charge in [0.15, 0.2) is 0 Å². The summed E-state index contributed by atoms with van der Waals surface area (Å²) >= 11 is 0. The van der Waals surface area contributed by atoms with Gasteiger partial charge in [-0.3, -0.25) is 14.4 Å². The maximum absolute atomic E-state index is 11.2. The third-order valence-corrected chi connectivity index (χ3v) is 2.45. The summed E-state index contributed by atoms with van der Waals surface area (Å²) < 4.78 is 0. The molecule has 0 aliphatic rings. The number of rotatable bonds is 6. The van der Waals surface area contributed by atoms with E-state index in [9.17, 15) is 14.4 Å². The Balaban J connectivity index is 4.77. The summed E-state index contributed by atoms with van der Waals surface area (Å²) in [6.45, 7) is 2.75. The summed E-state index contributed by atoms with van der Waals surface area (Å²) in [7, 11) is 0. The smallest absolute Gasteiger partial charge is 0.317 e. The number of hydrogen-bond acceptors (Lipinski definition) is 3. The Morgan fingerprint density at radius 2 is 1.71 bits per heavy atom. The van der Waals surface area contributed by atoms with E-state index >= 15 is 0 Å². The zero-order valence-electron chi connectivity index (χ0n) is 8.24. The molecule has 0 saturated carbocycles. The lowest BCUT2D eigenvalue weighted by atomic mass is 9.77. The molecule has 0 bridgehead atoms. The van der Waals surface area contributed by atoms with Gasteiger partial charge in [-0.25, -0.2) is 0 Å². The topological polar surface area (TPSA) is 91.7 Å². The quantitative estimate of drug-likeness (QED) is 0.625. The van der Waals surface area contributed by atoms with Crippen molar-refractivity contribution in [1.82, 2.24) is 0 Å². The van der Waals surface area contributed by atoms with Gasteiger partial charge in [-0.05, 0) is 19.8 Å². The first kappa shape index (κ1) is 12.6. The average molecular weight is 202 g/mol. The summed E-state index contributed by atoms with van der Waals surface area (Å²) in [5, 5.41) is 17.3. The lowest BCUT2D eigenvalue weighted by Gasteiger charge is -2.23. The van der Waals surface area contributed by atoms with E-state index in [1.165, 1.54) is 6.92 Å². The Labute approximate surface area is 81.7 Å². The Bertz CT molecular complexity index is 242. The number of carbonyl (C=O) groups is 3. The summed E-state index contributed by atoms with van der Waals surface area (Å²) in [6.07, 6.45) is -0.339. The molecule has 1 atom stereocenters. The molecule has 0 aliphatic carbocycles. The van der Waals surface area contributed by atoms with E-state index in [0.717, 1.165) is 0 Å². The van der Waals surface area contributed by atoms with Crippen molar-refractivity contribution < 1.29 is 24.6 Å². The summed E-state index contributed by atoms with van der Waals surface area (Å²) in [4.78, 5) is 32.4. The van der Waals surface area contributed by atoms with Crippen molar-refractivity contribution in [1.29, 1.82) is 0 Å². The monoisotopic (exact) mass is 202 g/mol. The molecule has 0 radical (unpaired) electrons. The number of ketones is 1. The normalized spacial score (nSPS) is 14.4. The summed E-state index contributed by atoms with van der Waals surface area (Å²) in [5.74, 6) is -2.83. The van der Waals surface area contributed by atoms with Crippen LogP contribution in [0.1, 0.15) is 33.1 Å². The van der Waals surface area contributed by atoms with Crippen molar-refractivity contribution >= 4 is 17.7 Å². The van der Waals surface area contributed by atoms with Crippen LogP contribution in [-0.2, 0) is 14.4 Å². The van der Waals surface area contributed by atoms with Crippen molar-refractivity contribution in [2.75, 3.05) is 0 Å². The first-order valence-electron chi connectivity index (χ1n) is 4.33. The standard InChI is InChI=1S/C9H14O5/c1-3-9(6(2)10,8(13)14)5-4-7(11)12/h3-5H2,1-2H3,(H,11,12)(H,13,14). The van der Waals surface area contributed by atoms with E-state index < -0.39 is 23.1 Å². The van der Waals surface area contributed by atoms with Crippen LogP contribution in [-0.4, -0.2) is 27.9 Å². The number of carbonyl (C=O) groups excluding carboxylic acids is 1. The average Bonchev–Trinajstić information content (AvgIpc) is 2.04. The van der Waals surface area contributed by atoms with E-state index in [-0.39, 0.29) is 19.3 Å². The molecule has 0 spiro atoms. The minimum atomic E-state index is -1.53. The van der Waals surface area contributed by atoms with Gasteiger partial charge in [0.2, 0.25) is 0 Å². The molecule has 0 aromatic carbocycles. The fraction of sp³-hybridized carbons (Fsp3) is 0.667. The first-order valence-corrected chi connectivity index (χ1v) is 4.33. The molecule has 0 aliphatic heterocycles. The van der Waals surface area contributed by atoms with Gasteiger partial charge in [-0.1, -0.05) is 6.92 Å². The molecule has 0 aromatic heterocycles. The molecule has 0 aromatic rings. The molecule has 0 heterocycles. The van der Waals surface area contributed by atoms with Gasteiger partial charge in [0, 0.05) is 6.42 Å². The van der Waals surface area contributed by atoms with Crippen LogP contribution in [0.3, 0.4) is 0 Å². The Morgan fingerprint density at radius 1 is 1.21 bits per heavy atom. The number of Topliss-reactive ketones (excluding diaryl/α,β-unsaturated/α-hetero) is 1. The second-order valence-electron chi connectivity index (χ2n) is 3.19. The number of carboxylic acids is 2. The SMILES string of the molecule is CCC(CCC(=O)O)(C(C)=O)C(=O)O. The van der Waals surface area contributed by atoms with Gasteiger partial charge in [-0.2, -0.15) is 0 Å². The maximum Gasteiger partial charge on any atom is 0.317 e. The van der Waals surface area contributed by atoms with Crippen molar-refractivity contribution in [3.05, 3.63) is 0 Å². The lowest BCUT2D eigenvalue weighted by molar-refractivity contribution is -0.155. The van der Waals surface area contributed by atoms with E-state index in [1.807, 2.05) is 0 Å². The van der Waals surface area contributed by atoms with Crippen LogP contribution in [0.4, 0.5) is 0 Å². The first-order chi connectivity index (χ1) is 6.36. The third kappa shape index (κ3) is 2.55. The van der Waals surface area contributed by atoms with Gasteiger partial charge < -0.3 is 10.2 Å². The molecule has 0 rings (SSSR count). The van der Waals surface area contributed by atoms with Crippen LogP contribution in [0.25, 0.3) is 0 Å². The highest BCUT2D eigenvalue weighted by Crippen LogP contribution is 2.29. The van der Waals surface area contributed by atoms with E-state index in [2.05, 4.69) is 0 Å². The number of hydrogen-bond donors (Lipinski definition) is 2. The largest absolute Gasteiger partial charge is 0.481 e. The zero-order valence-corrected chi connectivity index (χ0v) is 8.24. The number of carboxylic acid groups (broad SMARTS) is 2. The van der Waals surface area contributed by atoms with Crippen molar-refractivity contribution in [2.24, 2.45) is 5.41 Å². The highest BCUT2D eigenvalue weighted by Gasteiger charge is 2.41. The predicted octanol–water partition coefficient (Wildman–Crippen LogP) is 0.921. The van der Waals surface area contributed by atoms with Gasteiger partial charge in [-0.15, -0.1) is 0 Å². The molecule has 5 nitrogen and oxygen atoms in total. The molecular formula is C9H14O5. The molecule has 80 valence electrons. The minimum Gasteiger partial charge on any atom is -0.481 e. The molecule has 14 heavy (non-hydrogen) atoms. The Kier molecular flexibility index (Phi) is 4.27. The van der Waals surface area contributed by atoms with Gasteiger partial charge in [0.05, 0.1) is 0 Å². The molecular weight excluding hydrogens is 188 g/mol. The fourth-order valence-corrected chi connectivity index (χ4v) is 1.33. The highest BCUT2D eigenvalue weighted by atomic mass is 16.4. The van der Waals surface area contributed by atoms with Gasteiger partial charge >= 0.3 is 11.9 Å². The summed E-state index contributed by atoms with van der Waals surface area (Å²) in [6, 6.07) is 0. The highest BCUT2D eigenvalue weighted by molar-refractivity contribution is 6.02. The van der Waals surface area contributed by atoms with Crippen LogP contribution in [0, 0.1) is 5.41 Å². The van der Waals surface area contributed by atoms with Crippen LogP contribution in [0.2, 0.25) is 0 Å². The van der Waals surface area contributed by atoms with Gasteiger partial charge in [0.1, 0.15) is 11.2 Å². The van der Waals surface area contributed by atoms with Crippen molar-refractivity contribution in [3.63, 3.8) is 0 Å². The lowest BCUT2D eigenvalue weighted by Crippen LogP contribution is -2.37. The molecule has 1 unspecified atom stereocenters. The second-order valence-corrected chi connectivity index (χ2v) is 3.19. The third-order valence-electron chi connectivity index (χ3n) is 2.45.